The molecule has 0 saturated carbocycles. The minimum Gasteiger partial charge on any atom is -0.395 e. The van der Waals surface area contributed by atoms with Gasteiger partial charge in [0, 0.05) is 46.4 Å². The summed E-state index contributed by atoms with van der Waals surface area (Å²) in [6.45, 7) is 1.15. The Hall–Kier alpha value is -3.06. The van der Waals surface area contributed by atoms with E-state index in [1.807, 2.05) is 17.0 Å². The molecule has 1 heterocycles. The monoisotopic (exact) mass is 446 g/mol. The number of nitrogens with one attached hydrogen (secondary N) is 1. The third-order valence-corrected chi connectivity index (χ3v) is 6.37. The van der Waals surface area contributed by atoms with Gasteiger partial charge in [-0.25, -0.2) is 4.57 Å². The quantitative estimate of drug-likeness (QED) is 0.334. The SMILES string of the molecule is C[n+]1ccc(Nc2ccc(Sc3ccc(N(CCO)CCO)cc3)cc2)c2ccccc21. The first-order valence-electron chi connectivity index (χ1n) is 10.7. The van der Waals surface area contributed by atoms with Crippen molar-refractivity contribution in [2.75, 3.05) is 36.5 Å². The molecule has 4 aromatic rings. The molecular formula is C26H28N3O2S+. The van der Waals surface area contributed by atoms with E-state index in [-0.39, 0.29) is 13.2 Å². The van der Waals surface area contributed by atoms with Gasteiger partial charge in [-0.1, -0.05) is 23.9 Å². The van der Waals surface area contributed by atoms with Crippen LogP contribution in [0.5, 0.6) is 0 Å². The fourth-order valence-corrected chi connectivity index (χ4v) is 4.53. The molecule has 1 aromatic heterocycles. The number of anilines is 3. The van der Waals surface area contributed by atoms with Crippen molar-refractivity contribution < 1.29 is 14.8 Å². The molecular weight excluding hydrogens is 418 g/mol. The van der Waals surface area contributed by atoms with Gasteiger partial charge in [-0.2, -0.15) is 0 Å². The van der Waals surface area contributed by atoms with Crippen molar-refractivity contribution in [3.8, 4) is 0 Å². The van der Waals surface area contributed by atoms with Gasteiger partial charge in [0.1, 0.15) is 7.05 Å². The van der Waals surface area contributed by atoms with E-state index in [9.17, 15) is 10.2 Å². The van der Waals surface area contributed by atoms with Gasteiger partial charge in [0.15, 0.2) is 6.20 Å². The summed E-state index contributed by atoms with van der Waals surface area (Å²) in [7, 11) is 2.06. The molecule has 0 bridgehead atoms. The Balaban J connectivity index is 1.44. The number of aryl methyl sites for hydroxylation is 1. The van der Waals surface area contributed by atoms with E-state index in [1.165, 1.54) is 10.9 Å². The fourth-order valence-electron chi connectivity index (χ4n) is 3.71. The van der Waals surface area contributed by atoms with Crippen LogP contribution < -0.4 is 14.8 Å². The third-order valence-electron chi connectivity index (χ3n) is 5.35. The van der Waals surface area contributed by atoms with Gasteiger partial charge in [-0.15, -0.1) is 0 Å². The maximum Gasteiger partial charge on any atom is 0.214 e. The maximum atomic E-state index is 9.22. The molecule has 164 valence electrons. The molecule has 0 radical (unpaired) electrons. The molecule has 0 aliphatic heterocycles. The van der Waals surface area contributed by atoms with Crippen LogP contribution in [0.1, 0.15) is 0 Å². The minimum atomic E-state index is 0.0636. The van der Waals surface area contributed by atoms with Gasteiger partial charge in [0.25, 0.3) is 0 Å². The van der Waals surface area contributed by atoms with Crippen molar-refractivity contribution in [2.24, 2.45) is 7.05 Å². The standard InChI is InChI=1S/C26H27N3O2S/c1-28-15-14-25(24-4-2-3-5-26(24)28)27-20-6-10-22(11-7-20)32-23-12-8-21(9-13-23)29(16-18-30)17-19-31/h2-15,30-31H,16-19H2,1H3/p+1. The molecule has 32 heavy (non-hydrogen) atoms. The van der Waals surface area contributed by atoms with Crippen molar-refractivity contribution in [2.45, 2.75) is 9.79 Å². The molecule has 0 spiro atoms. The maximum absolute atomic E-state index is 9.22. The number of aliphatic hydroxyl groups is 2. The van der Waals surface area contributed by atoms with Crippen molar-refractivity contribution in [1.29, 1.82) is 0 Å². The van der Waals surface area contributed by atoms with Gasteiger partial charge in [0.2, 0.25) is 5.52 Å². The lowest BCUT2D eigenvalue weighted by Gasteiger charge is -2.23. The summed E-state index contributed by atoms with van der Waals surface area (Å²) < 4.78 is 2.12. The van der Waals surface area contributed by atoms with Crippen molar-refractivity contribution in [3.63, 3.8) is 0 Å². The predicted molar refractivity (Wildman–Crippen MR) is 132 cm³/mol. The number of para-hydroxylation sites is 1. The molecule has 6 heteroatoms. The first kappa shape index (κ1) is 22.1. The second kappa shape index (κ2) is 10.5. The normalized spacial score (nSPS) is 11.0. The average Bonchev–Trinajstić information content (AvgIpc) is 2.83. The summed E-state index contributed by atoms with van der Waals surface area (Å²) in [5.74, 6) is 0. The molecule has 3 aromatic carbocycles. The molecule has 0 unspecified atom stereocenters. The summed E-state index contributed by atoms with van der Waals surface area (Å²) in [6, 6.07) is 27.1. The van der Waals surface area contributed by atoms with E-state index < -0.39 is 0 Å². The topological polar surface area (TPSA) is 59.6 Å². The van der Waals surface area contributed by atoms with E-state index in [0.29, 0.717) is 13.1 Å². The summed E-state index contributed by atoms with van der Waals surface area (Å²) in [5.41, 5.74) is 4.32. The number of hydrogen-bond donors (Lipinski definition) is 3. The molecule has 0 saturated heterocycles. The first-order valence-corrected chi connectivity index (χ1v) is 11.5. The highest BCUT2D eigenvalue weighted by Gasteiger charge is 2.09. The van der Waals surface area contributed by atoms with Gasteiger partial charge in [-0.05, 0) is 54.6 Å². The van der Waals surface area contributed by atoms with Crippen LogP contribution in [0.2, 0.25) is 0 Å². The molecule has 5 nitrogen and oxygen atoms in total. The van der Waals surface area contributed by atoms with Crippen molar-refractivity contribution in [1.82, 2.24) is 0 Å². The van der Waals surface area contributed by atoms with Gasteiger partial charge < -0.3 is 20.4 Å². The highest BCUT2D eigenvalue weighted by Crippen LogP contribution is 2.31. The fraction of sp³-hybridized carbons (Fsp3) is 0.192. The Morgan fingerprint density at radius 3 is 2.09 bits per heavy atom. The Labute approximate surface area is 193 Å². The van der Waals surface area contributed by atoms with Gasteiger partial charge in [-0.3, -0.25) is 0 Å². The summed E-state index contributed by atoms with van der Waals surface area (Å²) in [4.78, 5) is 4.28. The second-order valence-corrected chi connectivity index (χ2v) is 8.68. The molecule has 4 rings (SSSR count). The third kappa shape index (κ3) is 5.22. The Morgan fingerprint density at radius 2 is 1.44 bits per heavy atom. The van der Waals surface area contributed by atoms with Crippen molar-refractivity contribution >= 4 is 39.7 Å². The number of nitrogens with zero attached hydrogens (tertiary/aromatic N) is 2. The van der Waals surface area contributed by atoms with E-state index in [1.54, 1.807) is 11.8 Å². The lowest BCUT2D eigenvalue weighted by Crippen LogP contribution is -2.29. The lowest BCUT2D eigenvalue weighted by molar-refractivity contribution is -0.644. The highest BCUT2D eigenvalue weighted by molar-refractivity contribution is 7.99. The summed E-state index contributed by atoms with van der Waals surface area (Å²) in [6.07, 6.45) is 2.07. The van der Waals surface area contributed by atoms with E-state index >= 15 is 0 Å². The highest BCUT2D eigenvalue weighted by atomic mass is 32.2. The van der Waals surface area contributed by atoms with E-state index in [4.69, 9.17) is 0 Å². The van der Waals surface area contributed by atoms with Gasteiger partial charge in [0.05, 0.1) is 24.3 Å². The number of hydrogen-bond acceptors (Lipinski definition) is 5. The Kier molecular flexibility index (Phi) is 7.27. The average molecular weight is 447 g/mol. The smallest absolute Gasteiger partial charge is 0.214 e. The van der Waals surface area contributed by atoms with E-state index in [0.717, 1.165) is 26.9 Å². The second-order valence-electron chi connectivity index (χ2n) is 7.54. The number of aromatic nitrogens is 1. The molecule has 3 N–H and O–H groups in total. The van der Waals surface area contributed by atoms with E-state index in [2.05, 4.69) is 89.9 Å². The van der Waals surface area contributed by atoms with Crippen LogP contribution in [-0.4, -0.2) is 36.5 Å². The largest absolute Gasteiger partial charge is 0.395 e. The van der Waals surface area contributed by atoms with Crippen LogP contribution in [0.25, 0.3) is 10.9 Å². The van der Waals surface area contributed by atoms with Gasteiger partial charge >= 0.3 is 0 Å². The zero-order valence-electron chi connectivity index (χ0n) is 18.1. The molecule has 0 atom stereocenters. The Bertz CT molecular complexity index is 1160. The minimum absolute atomic E-state index is 0.0636. The molecule has 0 fully saturated rings. The summed E-state index contributed by atoms with van der Waals surface area (Å²) >= 11 is 1.71. The lowest BCUT2D eigenvalue weighted by atomic mass is 10.1. The number of fused-ring (bicyclic) bond motifs is 1. The molecule has 0 amide bonds. The molecule has 0 aliphatic carbocycles. The zero-order chi connectivity index (χ0) is 22.3. The zero-order valence-corrected chi connectivity index (χ0v) is 18.9. The van der Waals surface area contributed by atoms with Crippen LogP contribution in [0.15, 0.2) is 94.9 Å². The van der Waals surface area contributed by atoms with Crippen LogP contribution >= 0.6 is 11.8 Å². The first-order chi connectivity index (χ1) is 15.7. The van der Waals surface area contributed by atoms with Crippen LogP contribution in [0.3, 0.4) is 0 Å². The van der Waals surface area contributed by atoms with Crippen LogP contribution in [0, 0.1) is 0 Å². The number of rotatable bonds is 9. The number of aliphatic hydroxyl groups excluding tert-OH is 2. The summed E-state index contributed by atoms with van der Waals surface area (Å²) in [5, 5.41) is 23.2. The molecule has 0 aliphatic rings. The predicted octanol–water partition coefficient (Wildman–Crippen LogP) is 4.35. The Morgan fingerprint density at radius 1 is 0.812 bits per heavy atom. The number of pyridine rings is 1. The van der Waals surface area contributed by atoms with Crippen LogP contribution in [-0.2, 0) is 7.05 Å². The number of benzene rings is 3. The van der Waals surface area contributed by atoms with Crippen LogP contribution in [0.4, 0.5) is 17.1 Å². The van der Waals surface area contributed by atoms with Crippen molar-refractivity contribution in [3.05, 3.63) is 85.1 Å².